The molecule has 24 heavy (non-hydrogen) atoms. The Labute approximate surface area is 144 Å². The van der Waals surface area contributed by atoms with Crippen LogP contribution in [0.5, 0.6) is 0 Å². The molecule has 1 amide bonds. The Balaban J connectivity index is 2.12. The van der Waals surface area contributed by atoms with E-state index in [1.165, 1.54) is 18.4 Å². The molecule has 122 valence electrons. The average molecular weight is 339 g/mol. The number of thiophene rings is 1. The van der Waals surface area contributed by atoms with Gasteiger partial charge in [-0.3, -0.25) is 9.69 Å². The van der Waals surface area contributed by atoms with Gasteiger partial charge in [0.1, 0.15) is 0 Å². The van der Waals surface area contributed by atoms with E-state index in [-0.39, 0.29) is 5.91 Å². The second kappa shape index (κ2) is 6.45. The smallest absolute Gasteiger partial charge is 0.340 e. The molecule has 2 aromatic rings. The van der Waals surface area contributed by atoms with Gasteiger partial charge in [-0.1, -0.05) is 23.8 Å². The van der Waals surface area contributed by atoms with Gasteiger partial charge in [0.25, 0.3) is 5.91 Å². The standard InChI is InChI=1S/C19H17NO3S/c1-12-6-8-14(9-7-12)20-13(2)17(19(22)23-3)16(18(20)21)11-15-5-4-10-24-15/h4-11H,1-3H3/b16-11-. The second-order valence-electron chi connectivity index (χ2n) is 5.50. The highest BCUT2D eigenvalue weighted by molar-refractivity contribution is 7.10. The summed E-state index contributed by atoms with van der Waals surface area (Å²) in [5.41, 5.74) is 3.10. The Bertz CT molecular complexity index is 845. The van der Waals surface area contributed by atoms with Crippen LogP contribution in [0.2, 0.25) is 0 Å². The highest BCUT2D eigenvalue weighted by Gasteiger charge is 2.37. The summed E-state index contributed by atoms with van der Waals surface area (Å²) in [5, 5.41) is 1.93. The predicted molar refractivity (Wildman–Crippen MR) is 95.7 cm³/mol. The summed E-state index contributed by atoms with van der Waals surface area (Å²) in [7, 11) is 1.32. The number of anilines is 1. The Hall–Kier alpha value is -2.66. The van der Waals surface area contributed by atoms with Gasteiger partial charge in [-0.25, -0.2) is 4.79 Å². The van der Waals surface area contributed by atoms with Crippen molar-refractivity contribution in [3.05, 3.63) is 69.1 Å². The molecule has 1 aliphatic heterocycles. The van der Waals surface area contributed by atoms with Crippen molar-refractivity contribution in [2.24, 2.45) is 0 Å². The van der Waals surface area contributed by atoms with E-state index in [9.17, 15) is 9.59 Å². The van der Waals surface area contributed by atoms with Crippen LogP contribution in [-0.2, 0) is 14.3 Å². The van der Waals surface area contributed by atoms with Gasteiger partial charge in [0, 0.05) is 16.3 Å². The average Bonchev–Trinajstić information content (AvgIpc) is 3.16. The number of carbonyl (C=O) groups excluding carboxylic acids is 2. The molecule has 3 rings (SSSR count). The first-order chi connectivity index (χ1) is 11.5. The van der Waals surface area contributed by atoms with E-state index in [1.54, 1.807) is 17.9 Å². The van der Waals surface area contributed by atoms with Crippen molar-refractivity contribution in [2.45, 2.75) is 13.8 Å². The molecule has 0 atom stereocenters. The number of hydrogen-bond donors (Lipinski definition) is 0. The molecule has 0 saturated carbocycles. The van der Waals surface area contributed by atoms with Gasteiger partial charge in [0.05, 0.1) is 18.3 Å². The molecule has 0 saturated heterocycles. The van der Waals surface area contributed by atoms with Crippen LogP contribution in [-0.4, -0.2) is 19.0 Å². The number of esters is 1. The van der Waals surface area contributed by atoms with Crippen molar-refractivity contribution in [3.8, 4) is 0 Å². The maximum absolute atomic E-state index is 13.0. The van der Waals surface area contributed by atoms with E-state index in [0.717, 1.165) is 16.1 Å². The zero-order valence-electron chi connectivity index (χ0n) is 13.7. The molecule has 4 nitrogen and oxygen atoms in total. The molecule has 1 aromatic heterocycles. The molecule has 0 aliphatic carbocycles. The molecule has 0 N–H and O–H groups in total. The van der Waals surface area contributed by atoms with E-state index in [1.807, 2.05) is 48.7 Å². The molecule has 2 heterocycles. The van der Waals surface area contributed by atoms with Gasteiger partial charge >= 0.3 is 5.97 Å². The third-order valence-electron chi connectivity index (χ3n) is 3.91. The number of rotatable bonds is 3. The number of benzene rings is 1. The third kappa shape index (κ3) is 2.78. The quantitative estimate of drug-likeness (QED) is 0.629. The molecule has 1 aromatic carbocycles. The van der Waals surface area contributed by atoms with E-state index < -0.39 is 5.97 Å². The lowest BCUT2D eigenvalue weighted by atomic mass is 10.1. The van der Waals surface area contributed by atoms with E-state index in [0.29, 0.717) is 16.8 Å². The minimum absolute atomic E-state index is 0.217. The highest BCUT2D eigenvalue weighted by Crippen LogP contribution is 2.35. The number of hydrogen-bond acceptors (Lipinski definition) is 4. The molecule has 0 radical (unpaired) electrons. The van der Waals surface area contributed by atoms with Crippen molar-refractivity contribution in [2.75, 3.05) is 12.0 Å². The maximum atomic E-state index is 13.0. The summed E-state index contributed by atoms with van der Waals surface area (Å²) in [6.07, 6.45) is 1.75. The molecular formula is C19H17NO3S. The van der Waals surface area contributed by atoms with Crippen LogP contribution in [0.4, 0.5) is 5.69 Å². The lowest BCUT2D eigenvalue weighted by Crippen LogP contribution is -2.24. The van der Waals surface area contributed by atoms with Crippen molar-refractivity contribution in [1.29, 1.82) is 0 Å². The van der Waals surface area contributed by atoms with Crippen LogP contribution in [0, 0.1) is 6.92 Å². The number of nitrogens with zero attached hydrogens (tertiary/aromatic N) is 1. The van der Waals surface area contributed by atoms with Crippen LogP contribution in [0.1, 0.15) is 17.4 Å². The maximum Gasteiger partial charge on any atom is 0.340 e. The number of ether oxygens (including phenoxy) is 1. The zero-order chi connectivity index (χ0) is 17.3. The molecule has 0 fully saturated rings. The van der Waals surface area contributed by atoms with Crippen molar-refractivity contribution < 1.29 is 14.3 Å². The van der Waals surface area contributed by atoms with E-state index in [2.05, 4.69) is 0 Å². The summed E-state index contributed by atoms with van der Waals surface area (Å²) in [6.45, 7) is 3.75. The molecule has 0 unspecified atom stereocenters. The van der Waals surface area contributed by atoms with Crippen LogP contribution >= 0.6 is 11.3 Å². The van der Waals surface area contributed by atoms with Gasteiger partial charge in [-0.05, 0) is 43.5 Å². The lowest BCUT2D eigenvalue weighted by molar-refractivity contribution is -0.136. The molecule has 0 bridgehead atoms. The summed E-state index contributed by atoms with van der Waals surface area (Å²) in [5.74, 6) is -0.719. The zero-order valence-corrected chi connectivity index (χ0v) is 14.5. The van der Waals surface area contributed by atoms with E-state index >= 15 is 0 Å². The van der Waals surface area contributed by atoms with Crippen LogP contribution in [0.25, 0.3) is 6.08 Å². The number of allylic oxidation sites excluding steroid dienone is 1. The Morgan fingerprint density at radius 3 is 2.46 bits per heavy atom. The van der Waals surface area contributed by atoms with Gasteiger partial charge in [0.2, 0.25) is 0 Å². The fraction of sp³-hybridized carbons (Fsp3) is 0.158. The Kier molecular flexibility index (Phi) is 4.36. The summed E-state index contributed by atoms with van der Waals surface area (Å²) >= 11 is 1.51. The molecular weight excluding hydrogens is 322 g/mol. The van der Waals surface area contributed by atoms with Crippen LogP contribution in [0.15, 0.2) is 58.6 Å². The van der Waals surface area contributed by atoms with Gasteiger partial charge in [-0.15, -0.1) is 11.3 Å². The number of carbonyl (C=O) groups is 2. The molecule has 5 heteroatoms. The predicted octanol–water partition coefficient (Wildman–Crippen LogP) is 3.93. The largest absolute Gasteiger partial charge is 0.465 e. The van der Waals surface area contributed by atoms with Gasteiger partial charge in [-0.2, -0.15) is 0 Å². The number of amides is 1. The summed E-state index contributed by atoms with van der Waals surface area (Å²) in [6, 6.07) is 11.4. The monoisotopic (exact) mass is 339 g/mol. The molecule has 1 aliphatic rings. The Morgan fingerprint density at radius 1 is 1.17 bits per heavy atom. The van der Waals surface area contributed by atoms with Crippen molar-refractivity contribution >= 4 is 35.0 Å². The lowest BCUT2D eigenvalue weighted by Gasteiger charge is -2.18. The summed E-state index contributed by atoms with van der Waals surface area (Å²) in [4.78, 5) is 27.7. The number of aryl methyl sites for hydroxylation is 1. The number of methoxy groups -OCH3 is 1. The third-order valence-corrected chi connectivity index (χ3v) is 4.73. The summed E-state index contributed by atoms with van der Waals surface area (Å²) < 4.78 is 4.89. The molecule has 0 spiro atoms. The van der Waals surface area contributed by atoms with Gasteiger partial charge < -0.3 is 4.74 Å². The first-order valence-electron chi connectivity index (χ1n) is 7.49. The van der Waals surface area contributed by atoms with Gasteiger partial charge in [0.15, 0.2) is 0 Å². The minimum atomic E-state index is -0.502. The van der Waals surface area contributed by atoms with Crippen LogP contribution in [0.3, 0.4) is 0 Å². The highest BCUT2D eigenvalue weighted by atomic mass is 32.1. The second-order valence-corrected chi connectivity index (χ2v) is 6.48. The normalized spacial score (nSPS) is 16.2. The fourth-order valence-corrected chi connectivity index (χ4v) is 3.36. The minimum Gasteiger partial charge on any atom is -0.465 e. The van der Waals surface area contributed by atoms with Crippen LogP contribution < -0.4 is 4.90 Å². The topological polar surface area (TPSA) is 46.6 Å². The Morgan fingerprint density at radius 2 is 1.88 bits per heavy atom. The first-order valence-corrected chi connectivity index (χ1v) is 8.36. The van der Waals surface area contributed by atoms with E-state index in [4.69, 9.17) is 4.74 Å². The van der Waals surface area contributed by atoms with Crippen molar-refractivity contribution in [3.63, 3.8) is 0 Å². The first kappa shape index (κ1) is 16.2. The fourth-order valence-electron chi connectivity index (χ4n) is 2.70. The SMILES string of the molecule is COC(=O)C1=C(C)N(c2ccc(C)cc2)C(=O)/C1=C\c1cccs1. The van der Waals surface area contributed by atoms with Crippen molar-refractivity contribution in [1.82, 2.24) is 0 Å².